The van der Waals surface area contributed by atoms with Gasteiger partial charge in [0.1, 0.15) is 0 Å². The Morgan fingerprint density at radius 3 is 2.76 bits per heavy atom. The van der Waals surface area contributed by atoms with E-state index in [1.54, 1.807) is 23.1 Å². The normalized spacial score (nSPS) is 10.8. The second-order valence-corrected chi connectivity index (χ2v) is 6.68. The number of aryl methyl sites for hydroxylation is 1. The summed E-state index contributed by atoms with van der Waals surface area (Å²) in [5.74, 6) is -0.291. The molecule has 0 bridgehead atoms. The van der Waals surface area contributed by atoms with E-state index < -0.39 is 0 Å². The number of hydrogen-bond acceptors (Lipinski definition) is 4. The van der Waals surface area contributed by atoms with Crippen molar-refractivity contribution in [2.75, 3.05) is 7.11 Å². The maximum absolute atomic E-state index is 11.9. The van der Waals surface area contributed by atoms with Crippen LogP contribution in [0.2, 0.25) is 0 Å². The van der Waals surface area contributed by atoms with Crippen LogP contribution in [0, 0.1) is 6.92 Å². The second kappa shape index (κ2) is 5.92. The zero-order valence-corrected chi connectivity index (χ0v) is 13.4. The summed E-state index contributed by atoms with van der Waals surface area (Å²) in [6.07, 6.45) is 0. The van der Waals surface area contributed by atoms with Crippen molar-refractivity contribution >= 4 is 39.2 Å². The molecule has 2 nitrogen and oxygen atoms in total. The van der Waals surface area contributed by atoms with E-state index in [4.69, 9.17) is 4.74 Å². The average molecular weight is 314 g/mol. The Balaban J connectivity index is 2.03. The monoisotopic (exact) mass is 314 g/mol. The predicted molar refractivity (Wildman–Crippen MR) is 88.5 cm³/mol. The van der Waals surface area contributed by atoms with Gasteiger partial charge < -0.3 is 4.74 Å². The van der Waals surface area contributed by atoms with Crippen LogP contribution in [0.3, 0.4) is 0 Å². The lowest BCUT2D eigenvalue weighted by Gasteiger charge is -2.08. The Kier molecular flexibility index (Phi) is 3.99. The van der Waals surface area contributed by atoms with Crippen LogP contribution in [-0.4, -0.2) is 13.1 Å². The molecular formula is C17H14O2S2. The number of carbonyl (C=O) groups is 1. The average Bonchev–Trinajstić information content (AvgIpc) is 2.91. The molecule has 0 aliphatic rings. The van der Waals surface area contributed by atoms with E-state index in [0.29, 0.717) is 5.56 Å². The van der Waals surface area contributed by atoms with Crippen LogP contribution in [0.5, 0.6) is 0 Å². The fraction of sp³-hybridized carbons (Fsp3) is 0.118. The molecule has 0 saturated carbocycles. The fourth-order valence-corrected chi connectivity index (χ4v) is 4.29. The Morgan fingerprint density at radius 2 is 1.95 bits per heavy atom. The molecule has 0 spiro atoms. The SMILES string of the molecule is COC(=O)c1cc(C)ccc1Sc1csc2ccccc12. The maximum Gasteiger partial charge on any atom is 0.339 e. The van der Waals surface area contributed by atoms with Crippen LogP contribution in [0.15, 0.2) is 57.6 Å². The van der Waals surface area contributed by atoms with Gasteiger partial charge in [0.2, 0.25) is 0 Å². The maximum atomic E-state index is 11.9. The van der Waals surface area contributed by atoms with E-state index in [0.717, 1.165) is 10.5 Å². The summed E-state index contributed by atoms with van der Waals surface area (Å²) in [5.41, 5.74) is 1.67. The smallest absolute Gasteiger partial charge is 0.339 e. The Hall–Kier alpha value is -1.78. The Bertz CT molecular complexity index is 805. The first-order valence-electron chi connectivity index (χ1n) is 6.52. The minimum absolute atomic E-state index is 0.291. The highest BCUT2D eigenvalue weighted by Gasteiger charge is 2.14. The van der Waals surface area contributed by atoms with Crippen LogP contribution in [0.4, 0.5) is 0 Å². The lowest BCUT2D eigenvalue weighted by molar-refractivity contribution is 0.0596. The number of carbonyl (C=O) groups excluding carboxylic acids is 1. The molecule has 0 unspecified atom stereocenters. The van der Waals surface area contributed by atoms with E-state index >= 15 is 0 Å². The molecule has 0 aliphatic heterocycles. The first kappa shape index (κ1) is 14.2. The van der Waals surface area contributed by atoms with E-state index in [2.05, 4.69) is 17.5 Å². The number of benzene rings is 2. The molecular weight excluding hydrogens is 300 g/mol. The highest BCUT2D eigenvalue weighted by Crippen LogP contribution is 2.39. The lowest BCUT2D eigenvalue weighted by atomic mass is 10.1. The molecule has 3 rings (SSSR count). The van der Waals surface area contributed by atoms with Gasteiger partial charge >= 0.3 is 5.97 Å². The molecule has 0 amide bonds. The highest BCUT2D eigenvalue weighted by molar-refractivity contribution is 7.99. The van der Waals surface area contributed by atoms with Crippen molar-refractivity contribution in [3.05, 3.63) is 59.0 Å². The van der Waals surface area contributed by atoms with Gasteiger partial charge in [0.05, 0.1) is 12.7 Å². The fourth-order valence-electron chi connectivity index (χ4n) is 2.15. The van der Waals surface area contributed by atoms with E-state index in [9.17, 15) is 4.79 Å². The lowest BCUT2D eigenvalue weighted by Crippen LogP contribution is -2.03. The topological polar surface area (TPSA) is 26.3 Å². The van der Waals surface area contributed by atoms with Gasteiger partial charge in [-0.15, -0.1) is 11.3 Å². The summed E-state index contributed by atoms with van der Waals surface area (Å²) in [4.78, 5) is 14.0. The standard InChI is InChI=1S/C17H14O2S2/c1-11-7-8-15(13(9-11)17(18)19-2)21-16-10-20-14-6-4-3-5-12(14)16/h3-10H,1-2H3. The summed E-state index contributed by atoms with van der Waals surface area (Å²) < 4.78 is 6.15. The predicted octanol–water partition coefficient (Wildman–Crippen LogP) is 5.15. The van der Waals surface area contributed by atoms with Crippen molar-refractivity contribution in [2.24, 2.45) is 0 Å². The van der Waals surface area contributed by atoms with Crippen LogP contribution >= 0.6 is 23.1 Å². The third-order valence-corrected chi connectivity index (χ3v) is 5.45. The Morgan fingerprint density at radius 1 is 1.14 bits per heavy atom. The second-order valence-electron chi connectivity index (χ2n) is 4.69. The van der Waals surface area contributed by atoms with Crippen molar-refractivity contribution in [2.45, 2.75) is 16.7 Å². The molecule has 1 heterocycles. The summed E-state index contributed by atoms with van der Waals surface area (Å²) in [7, 11) is 1.42. The molecule has 21 heavy (non-hydrogen) atoms. The molecule has 0 aliphatic carbocycles. The number of methoxy groups -OCH3 is 1. The van der Waals surface area contributed by atoms with Crippen molar-refractivity contribution in [1.29, 1.82) is 0 Å². The van der Waals surface area contributed by atoms with Gasteiger partial charge in [0.25, 0.3) is 0 Å². The zero-order chi connectivity index (χ0) is 14.8. The van der Waals surface area contributed by atoms with Gasteiger partial charge in [-0.05, 0) is 25.1 Å². The highest BCUT2D eigenvalue weighted by atomic mass is 32.2. The van der Waals surface area contributed by atoms with Crippen LogP contribution in [0.1, 0.15) is 15.9 Å². The number of esters is 1. The summed E-state index contributed by atoms with van der Waals surface area (Å²) in [6.45, 7) is 1.97. The van der Waals surface area contributed by atoms with E-state index in [1.807, 2.05) is 37.3 Å². The number of ether oxygens (including phenoxy) is 1. The van der Waals surface area contributed by atoms with Gasteiger partial charge in [-0.25, -0.2) is 4.79 Å². The summed E-state index contributed by atoms with van der Waals surface area (Å²) in [5, 5.41) is 3.36. The molecule has 3 aromatic rings. The Labute approximate surface area is 131 Å². The van der Waals surface area contributed by atoms with Gasteiger partial charge in [-0.3, -0.25) is 0 Å². The number of rotatable bonds is 3. The first-order chi connectivity index (χ1) is 10.2. The minimum atomic E-state index is -0.291. The van der Waals surface area contributed by atoms with Crippen molar-refractivity contribution < 1.29 is 9.53 Å². The van der Waals surface area contributed by atoms with E-state index in [-0.39, 0.29) is 5.97 Å². The van der Waals surface area contributed by atoms with Gasteiger partial charge in [-0.1, -0.05) is 41.6 Å². The third kappa shape index (κ3) is 2.82. The molecule has 4 heteroatoms. The number of thiophene rings is 1. The molecule has 0 saturated heterocycles. The quantitative estimate of drug-likeness (QED) is 0.626. The molecule has 0 N–H and O–H groups in total. The molecule has 2 aromatic carbocycles. The van der Waals surface area contributed by atoms with Crippen molar-refractivity contribution in [3.63, 3.8) is 0 Å². The molecule has 0 fully saturated rings. The van der Waals surface area contributed by atoms with Gasteiger partial charge in [-0.2, -0.15) is 0 Å². The van der Waals surface area contributed by atoms with E-state index in [1.165, 1.54) is 22.1 Å². The minimum Gasteiger partial charge on any atom is -0.465 e. The molecule has 106 valence electrons. The van der Waals surface area contributed by atoms with Crippen molar-refractivity contribution in [3.8, 4) is 0 Å². The number of hydrogen-bond donors (Lipinski definition) is 0. The summed E-state index contributed by atoms with van der Waals surface area (Å²) >= 11 is 3.33. The molecule has 0 atom stereocenters. The van der Waals surface area contributed by atoms with Gasteiger partial charge in [0, 0.05) is 25.3 Å². The number of fused-ring (bicyclic) bond motifs is 1. The zero-order valence-electron chi connectivity index (χ0n) is 11.8. The largest absolute Gasteiger partial charge is 0.465 e. The van der Waals surface area contributed by atoms with Crippen LogP contribution in [0.25, 0.3) is 10.1 Å². The van der Waals surface area contributed by atoms with Crippen molar-refractivity contribution in [1.82, 2.24) is 0 Å². The first-order valence-corrected chi connectivity index (χ1v) is 8.21. The van der Waals surface area contributed by atoms with Crippen LogP contribution in [-0.2, 0) is 4.74 Å². The molecule has 1 aromatic heterocycles. The molecule has 0 radical (unpaired) electrons. The third-order valence-electron chi connectivity index (χ3n) is 3.21. The van der Waals surface area contributed by atoms with Crippen LogP contribution < -0.4 is 0 Å². The van der Waals surface area contributed by atoms with Gasteiger partial charge in [0.15, 0.2) is 0 Å². The summed E-state index contributed by atoms with van der Waals surface area (Å²) in [6, 6.07) is 14.2.